The number of likely N-dealkylation sites (tertiary alicyclic amines) is 5. The standard InChI is InChI=1S/C17H33N2O8PS2.C16H34N2O10P2S2.C9H20NO5PS.6ClH.2Na/c1-3-14-6-18(4-5-20)7-16(14)11-30(26,27)12-17-9-19(13-28(21,22)23)8-15(17)10-29(2,24)25;1-3-13-4-17(11-29(19,20)21)6-15(13)9-32(27,28)10-16-7-18(12-30(22,23)24)5-14(16)8-31(2,25)26;1-3-8-4-10(7-16(11,12)13)5-9(8)6-17(2,14)15;;;;;;;;/h5,14-17H,3-4,6-13H2,1-2H3,(H2,21,22,23);13-16H,3-12H2,1-2H3,(H2,19,20,21)(H2,22,23,24);8-9H,3-7H2,1-2H3,(H2,11,12,13);6*1H;;/q;;;;;;;;;2*+1. The Kier molecular flexibility index (Phi) is 49.6. The van der Waals surface area contributed by atoms with E-state index < -0.39 is 122 Å². The average molecular weight is 1580 g/mol. The van der Waals surface area contributed by atoms with Crippen LogP contribution in [-0.4, -0.2) is 234 Å². The molecule has 0 spiro atoms. The fourth-order valence-corrected chi connectivity index (χ4v) is 24.2. The van der Waals surface area contributed by atoms with Crippen molar-refractivity contribution in [2.75, 3.05) is 156 Å². The smallest absolute Gasteiger partial charge is 1.00 e. The van der Waals surface area contributed by atoms with Gasteiger partial charge >= 0.3 is 66.7 Å². The molecule has 0 aromatic carbocycles. The Labute approximate surface area is 597 Å². The molecular weight excluding hydrogens is 1490 g/mol. The van der Waals surface area contributed by atoms with E-state index in [0.717, 1.165) is 36.5 Å². The van der Waals surface area contributed by atoms with E-state index in [1.54, 1.807) is 0 Å². The van der Waals surface area contributed by atoms with Crippen molar-refractivity contribution in [3.05, 3.63) is 0 Å². The minimum absolute atomic E-state index is 0. The Morgan fingerprint density at radius 2 is 0.632 bits per heavy atom. The summed E-state index contributed by atoms with van der Waals surface area (Å²) in [6.45, 7) is 9.92. The van der Waals surface area contributed by atoms with Gasteiger partial charge in [0.1, 0.15) is 54.7 Å². The molecule has 0 amide bonds. The van der Waals surface area contributed by atoms with Gasteiger partial charge in [-0.2, -0.15) is 0 Å². The number of nitrogens with zero attached hydrogens (tertiary/aromatic N) is 1. The molecule has 45 heteroatoms. The third kappa shape index (κ3) is 42.2. The molecule has 0 aliphatic carbocycles. The number of hydrogen-bond donors (Lipinski definition) is 9. The van der Waals surface area contributed by atoms with Gasteiger partial charge in [-0.25, -0.2) is 42.1 Å². The molecule has 516 valence electrons. The van der Waals surface area contributed by atoms with Gasteiger partial charge in [0.25, 0.3) is 0 Å². The maximum atomic E-state index is 13.0. The van der Waals surface area contributed by atoms with Crippen molar-refractivity contribution >= 4 is 148 Å². The molecule has 5 aliphatic rings. The largest absolute Gasteiger partial charge is 1.00 e. The fourth-order valence-electron chi connectivity index (χ4n) is 13.0. The average Bonchev–Trinajstić information content (AvgIpc) is 4.03. The van der Waals surface area contributed by atoms with Crippen LogP contribution in [0.3, 0.4) is 0 Å². The molecule has 5 heterocycles. The summed E-state index contributed by atoms with van der Waals surface area (Å²) < 4.78 is 166. The van der Waals surface area contributed by atoms with Crippen molar-refractivity contribution in [1.29, 1.82) is 0 Å². The summed E-state index contributed by atoms with van der Waals surface area (Å²) in [5.74, 6) is -3.09. The van der Waals surface area contributed by atoms with E-state index >= 15 is 0 Å². The predicted molar refractivity (Wildman–Crippen MR) is 325 cm³/mol. The van der Waals surface area contributed by atoms with Crippen LogP contribution < -0.4 is 106 Å². The van der Waals surface area contributed by atoms with Gasteiger partial charge in [0.2, 0.25) is 0 Å². The quantitative estimate of drug-likeness (QED) is 0.0209. The van der Waals surface area contributed by atoms with Gasteiger partial charge < -0.3 is 89.6 Å². The summed E-state index contributed by atoms with van der Waals surface area (Å²) in [6, 6.07) is 0. The van der Waals surface area contributed by atoms with Gasteiger partial charge in [0.15, 0.2) is 48.7 Å². The zero-order valence-corrected chi connectivity index (χ0v) is 66.8. The van der Waals surface area contributed by atoms with Crippen molar-refractivity contribution in [1.82, 2.24) is 4.90 Å². The van der Waals surface area contributed by atoms with Crippen LogP contribution in [0.2, 0.25) is 0 Å². The van der Waals surface area contributed by atoms with Crippen LogP contribution in [0.15, 0.2) is 0 Å². The van der Waals surface area contributed by atoms with Crippen LogP contribution >= 0.6 is 92.4 Å². The molecule has 5 saturated heterocycles. The molecule has 5 fully saturated rings. The summed E-state index contributed by atoms with van der Waals surface area (Å²) in [5.41, 5.74) is 0. The molecule has 17 atom stereocenters. The van der Waals surface area contributed by atoms with Gasteiger partial charge in [0, 0.05) is 79.2 Å². The number of hydrogen-bond acceptors (Lipinski definition) is 19. The van der Waals surface area contributed by atoms with E-state index in [4.69, 9.17) is 24.5 Å². The van der Waals surface area contributed by atoms with Crippen LogP contribution in [-0.2, 0) is 72.2 Å². The zero-order chi connectivity index (χ0) is 60.5. The summed E-state index contributed by atoms with van der Waals surface area (Å²) >= 11 is 0. The number of rotatable bonds is 27. The number of nitrogens with one attached hydrogen (secondary N) is 4. The number of halogens is 6. The second-order valence-corrected chi connectivity index (χ2v) is 40.8. The number of quaternary nitrogens is 4. The third-order valence-corrected chi connectivity index (χ3v) is 26.0. The van der Waals surface area contributed by atoms with Crippen molar-refractivity contribution in [3.63, 3.8) is 0 Å². The number of carbonyl (C=O) groups excluding carboxylic acids is 1. The van der Waals surface area contributed by atoms with Crippen molar-refractivity contribution in [2.45, 2.75) is 40.0 Å². The molecule has 5 rings (SSSR count). The number of carbonyl (C=O) groups is 1. The molecule has 17 unspecified atom stereocenters. The second kappa shape index (κ2) is 42.5. The molecule has 0 radical (unpaired) electrons. The van der Waals surface area contributed by atoms with Gasteiger partial charge in [-0.1, -0.05) is 27.2 Å². The molecular formula is C42H93Cl6N5Na2O23P4S5+2. The SMILES string of the molecule is CCC1CN(CC=O)CC1CS(=O)(=O)CC1C[NH+](CP(=O)([O-])O)CC1CS(C)(=O)=O.CCC1C[NH+](CP(=O)(O)O)CC1CS(C)(=O)=O.CCC1C[NH+](CP(=O)([O-])O)CC1CS(=O)(=O)CC1C[NH+](CP(=O)([O-])O)CC1CS(C)(=O)=O.Cl.Cl.Cl.Cl.Cl.[Cl-].[Na+].[Na+]. The summed E-state index contributed by atoms with van der Waals surface area (Å²) in [4.78, 5) is 94.1. The van der Waals surface area contributed by atoms with Crippen LogP contribution in [0.1, 0.15) is 40.0 Å². The minimum atomic E-state index is -4.59. The van der Waals surface area contributed by atoms with Crippen LogP contribution in [0, 0.1) is 59.2 Å². The second-order valence-electron chi connectivity index (χ2n) is 23.5. The first kappa shape index (κ1) is 102. The first-order valence-corrected chi connectivity index (χ1v) is 43.2. The van der Waals surface area contributed by atoms with E-state index in [1.807, 2.05) is 25.7 Å². The normalized spacial score (nSPS) is 30.4. The maximum absolute atomic E-state index is 13.0. The van der Waals surface area contributed by atoms with E-state index in [0.29, 0.717) is 60.4 Å². The molecule has 0 bridgehead atoms. The minimum Gasteiger partial charge on any atom is -1.00 e. The van der Waals surface area contributed by atoms with E-state index in [2.05, 4.69) is 0 Å². The van der Waals surface area contributed by atoms with Crippen LogP contribution in [0.25, 0.3) is 0 Å². The molecule has 87 heavy (non-hydrogen) atoms. The Morgan fingerprint density at radius 3 is 0.874 bits per heavy atom. The van der Waals surface area contributed by atoms with E-state index in [-0.39, 0.29) is 248 Å². The van der Waals surface area contributed by atoms with Crippen molar-refractivity contribution in [3.8, 4) is 0 Å². The Morgan fingerprint density at radius 1 is 0.414 bits per heavy atom. The van der Waals surface area contributed by atoms with Crippen molar-refractivity contribution in [2.24, 2.45) is 59.2 Å². The third-order valence-electron chi connectivity index (χ3n) is 15.8. The molecule has 9 N–H and O–H groups in total. The Hall–Kier alpha value is 3.56. The molecule has 0 saturated carbocycles. The van der Waals surface area contributed by atoms with E-state index in [1.165, 1.54) is 6.26 Å². The molecule has 28 nitrogen and oxygen atoms in total. The summed E-state index contributed by atoms with van der Waals surface area (Å²) in [7, 11) is -34.6. The first-order valence-electron chi connectivity index (χ1n) is 26.2. The molecule has 0 aromatic rings. The number of sulfone groups is 5. The molecule has 5 aliphatic heterocycles. The summed E-state index contributed by atoms with van der Waals surface area (Å²) in [6.07, 6.45) is 4.69. The van der Waals surface area contributed by atoms with Gasteiger partial charge in [-0.15, -0.1) is 62.0 Å². The number of aldehydes is 1. The fraction of sp³-hybridized carbons (Fsp3) is 0.976. The zero-order valence-electron chi connectivity index (χ0n) is 50.3. The van der Waals surface area contributed by atoms with Crippen LogP contribution in [0.5, 0.6) is 0 Å². The molecule has 0 aromatic heterocycles. The monoisotopic (exact) mass is 1580 g/mol. The van der Waals surface area contributed by atoms with Crippen LogP contribution in [0.4, 0.5) is 0 Å². The van der Waals surface area contributed by atoms with Gasteiger partial charge in [0.05, 0.1) is 99.2 Å². The topological polar surface area (TPSA) is 447 Å². The first-order chi connectivity index (χ1) is 35.7. The summed E-state index contributed by atoms with van der Waals surface area (Å²) in [5, 5.41) is 0. The van der Waals surface area contributed by atoms with E-state index in [9.17, 15) is 79.8 Å². The maximum Gasteiger partial charge on any atom is 1.00 e. The Bertz CT molecular complexity index is 2840. The van der Waals surface area contributed by atoms with Gasteiger partial charge in [-0.05, 0) is 24.7 Å². The predicted octanol–water partition coefficient (Wildman–Crippen LogP) is -15.8. The Balaban J connectivity index is -0.000000281. The van der Waals surface area contributed by atoms with Gasteiger partial charge in [-0.3, -0.25) is 9.46 Å². The van der Waals surface area contributed by atoms with Crippen molar-refractivity contribution < 1.29 is 195 Å².